The number of ketones is 1. The van der Waals surface area contributed by atoms with Gasteiger partial charge in [-0.1, -0.05) is 6.07 Å². The minimum atomic E-state index is -0.686. The van der Waals surface area contributed by atoms with Gasteiger partial charge in [-0.05, 0) is 31.0 Å². The molecule has 6 nitrogen and oxygen atoms in total. The molecule has 2 rings (SSSR count). The summed E-state index contributed by atoms with van der Waals surface area (Å²) in [5.74, 6) is -1.66. The summed E-state index contributed by atoms with van der Waals surface area (Å²) in [6.07, 6.45) is 0.202. The number of anilines is 1. The van der Waals surface area contributed by atoms with E-state index in [0.717, 1.165) is 11.1 Å². The normalized spacial score (nSPS) is 13.1. The molecular weight excluding hydrogens is 270 g/mol. The van der Waals surface area contributed by atoms with Gasteiger partial charge in [-0.25, -0.2) is 0 Å². The number of benzene rings is 1. The number of nitrogens with one attached hydrogen (secondary N) is 1. The molecule has 6 heteroatoms. The number of carbonyl (C=O) groups is 3. The fourth-order valence-corrected chi connectivity index (χ4v) is 2.44. The van der Waals surface area contributed by atoms with Crippen LogP contribution in [-0.4, -0.2) is 30.7 Å². The maximum Gasteiger partial charge on any atom is 0.299 e. The quantitative estimate of drug-likeness (QED) is 0.656. The molecule has 1 aromatic carbocycles. The van der Waals surface area contributed by atoms with E-state index in [0.29, 0.717) is 11.3 Å². The van der Waals surface area contributed by atoms with Crippen LogP contribution in [0.1, 0.15) is 27.9 Å². The summed E-state index contributed by atoms with van der Waals surface area (Å²) in [5, 5.41) is 11.0. The highest BCUT2D eigenvalue weighted by Crippen LogP contribution is 2.33. The fraction of sp³-hybridized carbons (Fsp3) is 0.333. The maximum atomic E-state index is 12.0. The van der Waals surface area contributed by atoms with Gasteiger partial charge in [0.25, 0.3) is 11.7 Å². The van der Waals surface area contributed by atoms with E-state index in [9.17, 15) is 14.4 Å². The first-order valence-corrected chi connectivity index (χ1v) is 6.56. The zero-order valence-electron chi connectivity index (χ0n) is 11.9. The van der Waals surface area contributed by atoms with Crippen molar-refractivity contribution in [3.63, 3.8) is 0 Å². The molecule has 0 aliphatic carbocycles. The Morgan fingerprint density at radius 1 is 1.33 bits per heavy atom. The largest absolute Gasteiger partial charge is 0.354 e. The van der Waals surface area contributed by atoms with Crippen molar-refractivity contribution in [1.82, 2.24) is 5.32 Å². The van der Waals surface area contributed by atoms with Gasteiger partial charge in [-0.15, -0.1) is 0 Å². The highest BCUT2D eigenvalue weighted by Gasteiger charge is 2.37. The van der Waals surface area contributed by atoms with Crippen molar-refractivity contribution >= 4 is 23.3 Å². The summed E-state index contributed by atoms with van der Waals surface area (Å²) in [5.41, 5.74) is 2.54. The third kappa shape index (κ3) is 2.77. The minimum Gasteiger partial charge on any atom is -0.354 e. The van der Waals surface area contributed by atoms with Crippen molar-refractivity contribution in [1.29, 1.82) is 5.26 Å². The van der Waals surface area contributed by atoms with Gasteiger partial charge in [0.2, 0.25) is 5.91 Å². The van der Waals surface area contributed by atoms with E-state index in [4.69, 9.17) is 5.26 Å². The van der Waals surface area contributed by atoms with Crippen molar-refractivity contribution in [3.05, 3.63) is 28.8 Å². The number of nitriles is 1. The number of hydrogen-bond donors (Lipinski definition) is 1. The third-order valence-corrected chi connectivity index (χ3v) is 3.26. The smallest absolute Gasteiger partial charge is 0.299 e. The number of amides is 2. The van der Waals surface area contributed by atoms with Crippen molar-refractivity contribution in [2.75, 3.05) is 18.0 Å². The van der Waals surface area contributed by atoms with Gasteiger partial charge >= 0.3 is 0 Å². The molecule has 1 aliphatic rings. The van der Waals surface area contributed by atoms with Crippen LogP contribution < -0.4 is 10.2 Å². The van der Waals surface area contributed by atoms with E-state index in [1.807, 2.05) is 19.1 Å². The first-order valence-electron chi connectivity index (χ1n) is 6.56. The monoisotopic (exact) mass is 285 g/mol. The average molecular weight is 285 g/mol. The third-order valence-electron chi connectivity index (χ3n) is 3.26. The zero-order chi connectivity index (χ0) is 15.6. The predicted octanol–water partition coefficient (Wildman–Crippen LogP) is 0.863. The lowest BCUT2D eigenvalue weighted by Crippen LogP contribution is -2.40. The van der Waals surface area contributed by atoms with E-state index < -0.39 is 11.7 Å². The molecule has 21 heavy (non-hydrogen) atoms. The Labute approximate surface area is 122 Å². The summed E-state index contributed by atoms with van der Waals surface area (Å²) in [7, 11) is 0. The number of fused-ring (bicyclic) bond motifs is 1. The van der Waals surface area contributed by atoms with Crippen LogP contribution in [0.4, 0.5) is 5.69 Å². The first kappa shape index (κ1) is 14.7. The zero-order valence-corrected chi connectivity index (χ0v) is 11.9. The highest BCUT2D eigenvalue weighted by molar-refractivity contribution is 6.52. The molecule has 0 saturated carbocycles. The molecule has 0 atom stereocenters. The van der Waals surface area contributed by atoms with E-state index >= 15 is 0 Å². The Balaban J connectivity index is 2.23. The van der Waals surface area contributed by atoms with Crippen LogP contribution in [0.5, 0.6) is 0 Å². The molecular formula is C15H15N3O3. The molecule has 0 unspecified atom stereocenters. The molecule has 0 aromatic heterocycles. The molecule has 108 valence electrons. The molecule has 1 heterocycles. The minimum absolute atomic E-state index is 0.202. The summed E-state index contributed by atoms with van der Waals surface area (Å²) < 4.78 is 0. The second-order valence-corrected chi connectivity index (χ2v) is 4.96. The topological polar surface area (TPSA) is 90.3 Å². The van der Waals surface area contributed by atoms with Gasteiger partial charge in [-0.3, -0.25) is 19.3 Å². The van der Waals surface area contributed by atoms with Gasteiger partial charge < -0.3 is 5.32 Å². The van der Waals surface area contributed by atoms with Crippen molar-refractivity contribution in [2.45, 2.75) is 20.3 Å². The van der Waals surface area contributed by atoms with E-state index in [1.54, 1.807) is 13.0 Å². The molecule has 1 aliphatic heterocycles. The van der Waals surface area contributed by atoms with E-state index in [1.165, 1.54) is 4.90 Å². The average Bonchev–Trinajstić information content (AvgIpc) is 2.64. The summed E-state index contributed by atoms with van der Waals surface area (Å²) >= 11 is 0. The molecule has 1 aromatic rings. The molecule has 0 bridgehead atoms. The Morgan fingerprint density at radius 2 is 2.05 bits per heavy atom. The van der Waals surface area contributed by atoms with Gasteiger partial charge in [0, 0.05) is 6.54 Å². The van der Waals surface area contributed by atoms with Crippen molar-refractivity contribution < 1.29 is 14.4 Å². The second kappa shape index (κ2) is 5.75. The molecule has 0 fully saturated rings. The van der Waals surface area contributed by atoms with Gasteiger partial charge in [-0.2, -0.15) is 5.26 Å². The molecule has 1 N–H and O–H groups in total. The molecule has 2 amide bonds. The lowest BCUT2D eigenvalue weighted by molar-refractivity contribution is -0.122. The number of rotatable bonds is 4. The fourth-order valence-electron chi connectivity index (χ4n) is 2.44. The van der Waals surface area contributed by atoms with Crippen molar-refractivity contribution in [2.24, 2.45) is 0 Å². The van der Waals surface area contributed by atoms with Crippen LogP contribution in [0, 0.1) is 25.2 Å². The maximum absolute atomic E-state index is 12.0. The Bertz CT molecular complexity index is 673. The van der Waals surface area contributed by atoms with Crippen molar-refractivity contribution in [3.8, 4) is 6.07 Å². The van der Waals surface area contributed by atoms with Gasteiger partial charge in [0.15, 0.2) is 0 Å². The van der Waals surface area contributed by atoms with Crippen LogP contribution in [0.2, 0.25) is 0 Å². The summed E-state index contributed by atoms with van der Waals surface area (Å²) in [4.78, 5) is 37.0. The SMILES string of the molecule is Cc1cc(C)c2c(c1)C(=O)C(=O)N2CC(=O)NCCC#N. The van der Waals surface area contributed by atoms with Crippen LogP contribution in [0.3, 0.4) is 0 Å². The van der Waals surface area contributed by atoms with E-state index in [-0.39, 0.29) is 25.4 Å². The van der Waals surface area contributed by atoms with E-state index in [2.05, 4.69) is 5.32 Å². The number of Topliss-reactive ketones (excluding diaryl/α,β-unsaturated/α-hetero) is 1. The lowest BCUT2D eigenvalue weighted by Gasteiger charge is -2.18. The number of nitrogens with zero attached hydrogens (tertiary/aromatic N) is 2. The standard InChI is InChI=1S/C15H15N3O3/c1-9-6-10(2)13-11(7-9)14(20)15(21)18(13)8-12(19)17-5-3-4-16/h6-7H,3,5,8H2,1-2H3,(H,17,19). The summed E-state index contributed by atoms with van der Waals surface area (Å²) in [6, 6.07) is 5.44. The van der Waals surface area contributed by atoms with Crippen LogP contribution in [0.15, 0.2) is 12.1 Å². The Hall–Kier alpha value is -2.68. The number of carbonyl (C=O) groups excluding carboxylic acids is 3. The van der Waals surface area contributed by atoms with Crippen LogP contribution in [0.25, 0.3) is 0 Å². The molecule has 0 saturated heterocycles. The Morgan fingerprint density at radius 3 is 2.71 bits per heavy atom. The molecule has 0 radical (unpaired) electrons. The number of aryl methyl sites for hydroxylation is 2. The Kier molecular flexibility index (Phi) is 4.03. The predicted molar refractivity (Wildman–Crippen MR) is 75.8 cm³/mol. The second-order valence-electron chi connectivity index (χ2n) is 4.96. The van der Waals surface area contributed by atoms with Crippen LogP contribution >= 0.6 is 0 Å². The first-order chi connectivity index (χ1) is 9.95. The summed E-state index contributed by atoms with van der Waals surface area (Å²) in [6.45, 7) is 3.67. The van der Waals surface area contributed by atoms with Gasteiger partial charge in [0.05, 0.1) is 23.7 Å². The highest BCUT2D eigenvalue weighted by atomic mass is 16.2. The van der Waals surface area contributed by atoms with Crippen LogP contribution in [-0.2, 0) is 9.59 Å². The van der Waals surface area contributed by atoms with Gasteiger partial charge in [0.1, 0.15) is 6.54 Å². The number of hydrogen-bond acceptors (Lipinski definition) is 4. The molecule has 0 spiro atoms. The lowest BCUT2D eigenvalue weighted by atomic mass is 10.0.